The summed E-state index contributed by atoms with van der Waals surface area (Å²) in [5.41, 5.74) is 8.43. The van der Waals surface area contributed by atoms with Crippen LogP contribution in [0.2, 0.25) is 0 Å². The van der Waals surface area contributed by atoms with Crippen LogP contribution in [0.1, 0.15) is 5.56 Å². The molecule has 0 atom stereocenters. The highest BCUT2D eigenvalue weighted by Gasteiger charge is 2.07. The van der Waals surface area contributed by atoms with Crippen LogP contribution in [-0.2, 0) is 0 Å². The third kappa shape index (κ3) is 4.12. The van der Waals surface area contributed by atoms with Gasteiger partial charge >= 0.3 is 0 Å². The van der Waals surface area contributed by atoms with E-state index < -0.39 is 0 Å². The molecule has 0 aliphatic rings. The normalized spacial score (nSPS) is 10.9. The van der Waals surface area contributed by atoms with E-state index in [-0.39, 0.29) is 0 Å². The van der Waals surface area contributed by atoms with E-state index in [0.29, 0.717) is 0 Å². The lowest BCUT2D eigenvalue weighted by Crippen LogP contribution is -1.89. The van der Waals surface area contributed by atoms with E-state index in [9.17, 15) is 0 Å². The van der Waals surface area contributed by atoms with Crippen LogP contribution in [0.15, 0.2) is 114 Å². The van der Waals surface area contributed by atoms with Gasteiger partial charge in [-0.15, -0.1) is 0 Å². The molecule has 5 aromatic rings. The largest absolute Gasteiger partial charge is 0.356 e. The van der Waals surface area contributed by atoms with Gasteiger partial charge in [0.05, 0.1) is 0 Å². The highest BCUT2D eigenvalue weighted by atomic mass is 79.9. The van der Waals surface area contributed by atoms with Crippen LogP contribution in [0, 0.1) is 6.92 Å². The molecule has 0 spiro atoms. The molecular formula is C29H22BrN. The maximum atomic E-state index is 3.47. The topological polar surface area (TPSA) is 12.0 Å². The van der Waals surface area contributed by atoms with Gasteiger partial charge in [0.15, 0.2) is 0 Å². The van der Waals surface area contributed by atoms with Gasteiger partial charge in [0.1, 0.15) is 0 Å². The summed E-state index contributed by atoms with van der Waals surface area (Å²) in [4.78, 5) is 0. The van der Waals surface area contributed by atoms with E-state index in [1.807, 2.05) is 12.1 Å². The summed E-state index contributed by atoms with van der Waals surface area (Å²) in [5, 5.41) is 6.06. The van der Waals surface area contributed by atoms with Gasteiger partial charge in [0.25, 0.3) is 0 Å². The molecule has 0 aliphatic heterocycles. The molecule has 2 heteroatoms. The van der Waals surface area contributed by atoms with Gasteiger partial charge in [-0.3, -0.25) is 0 Å². The van der Waals surface area contributed by atoms with Crippen molar-refractivity contribution in [2.45, 2.75) is 6.92 Å². The van der Waals surface area contributed by atoms with Crippen molar-refractivity contribution in [2.75, 3.05) is 5.32 Å². The van der Waals surface area contributed by atoms with Crippen molar-refractivity contribution < 1.29 is 0 Å². The first kappa shape index (κ1) is 19.6. The number of aryl methyl sites for hydroxylation is 1. The Balaban J connectivity index is 1.40. The number of nitrogens with one attached hydrogen (secondary N) is 1. The van der Waals surface area contributed by atoms with Crippen molar-refractivity contribution in [1.29, 1.82) is 0 Å². The standard InChI is InChI=1S/C29H22BrN/c1-20-4-2-5-24-6-3-7-28(29(20)24)23-10-8-21(9-11-23)22-12-16-26(17-13-22)31-27-18-14-25(30)15-19-27/h2-19,31H,1H3. The fraction of sp³-hybridized carbons (Fsp3) is 0.0345. The molecule has 0 heterocycles. The molecule has 1 N–H and O–H groups in total. The van der Waals surface area contributed by atoms with E-state index in [0.717, 1.165) is 15.8 Å². The molecular weight excluding hydrogens is 442 g/mol. The van der Waals surface area contributed by atoms with Crippen LogP contribution in [0.5, 0.6) is 0 Å². The van der Waals surface area contributed by atoms with Crippen molar-refractivity contribution in [3.8, 4) is 22.3 Å². The zero-order valence-corrected chi connectivity index (χ0v) is 18.9. The molecule has 0 bridgehead atoms. The first-order valence-corrected chi connectivity index (χ1v) is 11.2. The number of benzene rings is 5. The Kier molecular flexibility index (Phi) is 5.31. The van der Waals surface area contributed by atoms with Crippen LogP contribution < -0.4 is 5.32 Å². The number of rotatable bonds is 4. The van der Waals surface area contributed by atoms with E-state index in [1.54, 1.807) is 0 Å². The van der Waals surface area contributed by atoms with Gasteiger partial charge < -0.3 is 5.32 Å². The van der Waals surface area contributed by atoms with Crippen LogP contribution in [0.3, 0.4) is 0 Å². The van der Waals surface area contributed by atoms with E-state index in [4.69, 9.17) is 0 Å². The van der Waals surface area contributed by atoms with Gasteiger partial charge in [-0.05, 0) is 81.9 Å². The van der Waals surface area contributed by atoms with Crippen LogP contribution in [-0.4, -0.2) is 0 Å². The van der Waals surface area contributed by atoms with Crippen molar-refractivity contribution in [3.63, 3.8) is 0 Å². The second kappa shape index (κ2) is 8.41. The summed E-state index contributed by atoms with van der Waals surface area (Å²) in [7, 11) is 0. The number of hydrogen-bond acceptors (Lipinski definition) is 1. The number of halogens is 1. The Bertz CT molecular complexity index is 1330. The third-order valence-electron chi connectivity index (χ3n) is 5.66. The predicted molar refractivity (Wildman–Crippen MR) is 137 cm³/mol. The quantitative estimate of drug-likeness (QED) is 0.280. The molecule has 1 nitrogen and oxygen atoms in total. The maximum absolute atomic E-state index is 3.47. The molecule has 0 saturated carbocycles. The van der Waals surface area contributed by atoms with E-state index in [1.165, 1.54) is 38.6 Å². The minimum absolute atomic E-state index is 1.07. The highest BCUT2D eigenvalue weighted by Crippen LogP contribution is 2.32. The fourth-order valence-electron chi connectivity index (χ4n) is 4.06. The lowest BCUT2D eigenvalue weighted by Gasteiger charge is -2.11. The number of hydrogen-bond donors (Lipinski definition) is 1. The summed E-state index contributed by atoms with van der Waals surface area (Å²) in [6.07, 6.45) is 0. The fourth-order valence-corrected chi connectivity index (χ4v) is 4.32. The SMILES string of the molecule is Cc1cccc2cccc(-c3ccc(-c4ccc(Nc5ccc(Br)cc5)cc4)cc3)c12. The molecule has 0 aromatic heterocycles. The lowest BCUT2D eigenvalue weighted by atomic mass is 9.94. The molecule has 5 rings (SSSR count). The van der Waals surface area contributed by atoms with E-state index in [2.05, 4.69) is 125 Å². The van der Waals surface area contributed by atoms with Crippen LogP contribution in [0.4, 0.5) is 11.4 Å². The molecule has 0 amide bonds. The zero-order valence-electron chi connectivity index (χ0n) is 17.3. The van der Waals surface area contributed by atoms with Gasteiger partial charge in [-0.1, -0.05) is 88.7 Å². The summed E-state index contributed by atoms with van der Waals surface area (Å²) in [5.74, 6) is 0. The second-order valence-electron chi connectivity index (χ2n) is 7.77. The average Bonchev–Trinajstić information content (AvgIpc) is 2.81. The minimum Gasteiger partial charge on any atom is -0.356 e. The minimum atomic E-state index is 1.07. The molecule has 150 valence electrons. The summed E-state index contributed by atoms with van der Waals surface area (Å²) in [6, 6.07) is 38.7. The van der Waals surface area contributed by atoms with Gasteiger partial charge in [-0.2, -0.15) is 0 Å². The molecule has 0 radical (unpaired) electrons. The van der Waals surface area contributed by atoms with Crippen LogP contribution >= 0.6 is 15.9 Å². The summed E-state index contributed by atoms with van der Waals surface area (Å²) in [6.45, 7) is 2.18. The Morgan fingerprint density at radius 3 is 1.71 bits per heavy atom. The molecule has 31 heavy (non-hydrogen) atoms. The molecule has 0 aliphatic carbocycles. The third-order valence-corrected chi connectivity index (χ3v) is 6.19. The Morgan fingerprint density at radius 1 is 0.548 bits per heavy atom. The molecule has 0 fully saturated rings. The monoisotopic (exact) mass is 463 g/mol. The number of fused-ring (bicyclic) bond motifs is 1. The predicted octanol–water partition coefficient (Wildman–Crippen LogP) is 8.99. The van der Waals surface area contributed by atoms with Crippen LogP contribution in [0.25, 0.3) is 33.0 Å². The van der Waals surface area contributed by atoms with Crippen molar-refractivity contribution >= 4 is 38.1 Å². The molecule has 0 saturated heterocycles. The Labute approximate surface area is 191 Å². The molecule has 0 unspecified atom stereocenters. The summed E-state index contributed by atoms with van der Waals surface area (Å²) < 4.78 is 1.08. The lowest BCUT2D eigenvalue weighted by molar-refractivity contribution is 1.52. The maximum Gasteiger partial charge on any atom is 0.0384 e. The molecule has 5 aromatic carbocycles. The van der Waals surface area contributed by atoms with Gasteiger partial charge in [0, 0.05) is 15.8 Å². The first-order chi connectivity index (χ1) is 15.2. The first-order valence-electron chi connectivity index (χ1n) is 10.4. The highest BCUT2D eigenvalue weighted by molar-refractivity contribution is 9.10. The average molecular weight is 464 g/mol. The van der Waals surface area contributed by atoms with Crippen molar-refractivity contribution in [2.24, 2.45) is 0 Å². The number of anilines is 2. The zero-order chi connectivity index (χ0) is 21.2. The Hall–Kier alpha value is -3.36. The van der Waals surface area contributed by atoms with E-state index >= 15 is 0 Å². The van der Waals surface area contributed by atoms with Gasteiger partial charge in [0.2, 0.25) is 0 Å². The van der Waals surface area contributed by atoms with Crippen molar-refractivity contribution in [3.05, 3.63) is 119 Å². The van der Waals surface area contributed by atoms with Crippen molar-refractivity contribution in [1.82, 2.24) is 0 Å². The Morgan fingerprint density at radius 2 is 1.06 bits per heavy atom. The second-order valence-corrected chi connectivity index (χ2v) is 8.68. The smallest absolute Gasteiger partial charge is 0.0384 e. The summed E-state index contributed by atoms with van der Waals surface area (Å²) >= 11 is 3.47. The van der Waals surface area contributed by atoms with Gasteiger partial charge in [-0.25, -0.2) is 0 Å².